The highest BCUT2D eigenvalue weighted by molar-refractivity contribution is 7.89. The molecule has 1 rings (SSSR count). The van der Waals surface area contributed by atoms with Gasteiger partial charge in [0.25, 0.3) is 0 Å². The second-order valence-corrected chi connectivity index (χ2v) is 6.14. The van der Waals surface area contributed by atoms with Gasteiger partial charge in [-0.2, -0.15) is 5.10 Å². The molecule has 0 radical (unpaired) electrons. The van der Waals surface area contributed by atoms with Gasteiger partial charge in [0, 0.05) is 13.1 Å². The molecule has 0 aliphatic heterocycles. The van der Waals surface area contributed by atoms with Gasteiger partial charge in [-0.25, -0.2) is 18.2 Å². The van der Waals surface area contributed by atoms with Gasteiger partial charge < -0.3 is 5.32 Å². The van der Waals surface area contributed by atoms with E-state index >= 15 is 0 Å². The van der Waals surface area contributed by atoms with Crippen molar-refractivity contribution in [2.24, 2.45) is 5.14 Å². The molecule has 10 heteroatoms. The van der Waals surface area contributed by atoms with Crippen molar-refractivity contribution in [3.05, 3.63) is 15.8 Å². The minimum Gasteiger partial charge on any atom is -0.364 e. The fourth-order valence-corrected chi connectivity index (χ4v) is 2.37. The number of rotatable bonds is 8. The number of anilines is 1. The fraction of sp³-hybridized carbons (Fsp3) is 0.700. The highest BCUT2D eigenvalue weighted by Gasteiger charge is 2.24. The lowest BCUT2D eigenvalue weighted by Crippen LogP contribution is -2.19. The van der Waals surface area contributed by atoms with Crippen LogP contribution in [0, 0.1) is 17.0 Å². The molecule has 3 N–H and O–H groups in total. The van der Waals surface area contributed by atoms with Crippen LogP contribution in [0.15, 0.2) is 0 Å². The predicted molar refractivity (Wildman–Crippen MR) is 75.0 cm³/mol. The molecule has 0 atom stereocenters. The summed E-state index contributed by atoms with van der Waals surface area (Å²) in [5, 5.41) is 22.9. The molecule has 0 spiro atoms. The molecule has 1 aromatic rings. The van der Waals surface area contributed by atoms with Gasteiger partial charge in [0.05, 0.1) is 10.7 Å². The number of sulfonamides is 1. The third-order valence-corrected chi connectivity index (χ3v) is 3.47. The van der Waals surface area contributed by atoms with Crippen molar-refractivity contribution in [1.29, 1.82) is 0 Å². The van der Waals surface area contributed by atoms with Crippen molar-refractivity contribution in [3.8, 4) is 0 Å². The van der Waals surface area contributed by atoms with E-state index in [9.17, 15) is 18.5 Å². The van der Waals surface area contributed by atoms with E-state index in [2.05, 4.69) is 10.4 Å². The topological polar surface area (TPSA) is 133 Å². The van der Waals surface area contributed by atoms with Crippen LogP contribution < -0.4 is 10.5 Å². The minimum atomic E-state index is -3.52. The maximum Gasteiger partial charge on any atom is 0.333 e. The lowest BCUT2D eigenvalue weighted by atomic mass is 10.3. The minimum absolute atomic E-state index is 0.0749. The summed E-state index contributed by atoms with van der Waals surface area (Å²) in [6, 6.07) is 0. The van der Waals surface area contributed by atoms with Gasteiger partial charge in [0.1, 0.15) is 5.69 Å². The quantitative estimate of drug-likeness (QED) is 0.410. The molecule has 0 aliphatic carbocycles. The van der Waals surface area contributed by atoms with Crippen LogP contribution in [0.3, 0.4) is 0 Å². The van der Waals surface area contributed by atoms with Crippen LogP contribution in [0.25, 0.3) is 0 Å². The summed E-state index contributed by atoms with van der Waals surface area (Å²) in [6.07, 6.45) is 1.05. The number of hydrogen-bond acceptors (Lipinski definition) is 6. The first-order valence-electron chi connectivity index (χ1n) is 6.22. The Morgan fingerprint density at radius 3 is 2.65 bits per heavy atom. The summed E-state index contributed by atoms with van der Waals surface area (Å²) in [6.45, 7) is 4.33. The molecule has 0 unspecified atom stereocenters. The van der Waals surface area contributed by atoms with E-state index in [0.29, 0.717) is 18.1 Å². The summed E-state index contributed by atoms with van der Waals surface area (Å²) in [4.78, 5) is 10.6. The number of nitrogens with zero attached hydrogens (tertiary/aromatic N) is 3. The van der Waals surface area contributed by atoms with Crippen molar-refractivity contribution in [3.63, 3.8) is 0 Å². The third kappa shape index (κ3) is 4.46. The van der Waals surface area contributed by atoms with E-state index in [1.165, 1.54) is 4.68 Å². The molecular formula is C10H19N5O4S. The highest BCUT2D eigenvalue weighted by atomic mass is 32.2. The summed E-state index contributed by atoms with van der Waals surface area (Å²) < 4.78 is 23.2. The van der Waals surface area contributed by atoms with Gasteiger partial charge >= 0.3 is 5.69 Å². The van der Waals surface area contributed by atoms with E-state index in [-0.39, 0.29) is 24.4 Å². The lowest BCUT2D eigenvalue weighted by molar-refractivity contribution is -0.384. The number of nitrogens with two attached hydrogens (primary N) is 1. The zero-order chi connectivity index (χ0) is 15.3. The molecule has 0 amide bonds. The number of nitro groups is 1. The van der Waals surface area contributed by atoms with Gasteiger partial charge in [-0.05, 0) is 19.8 Å². The summed E-state index contributed by atoms with van der Waals surface area (Å²) in [5.41, 5.74) is 0.256. The van der Waals surface area contributed by atoms with Crippen molar-refractivity contribution in [2.45, 2.75) is 33.2 Å². The van der Waals surface area contributed by atoms with Crippen molar-refractivity contribution >= 4 is 21.5 Å². The highest BCUT2D eigenvalue weighted by Crippen LogP contribution is 2.28. The monoisotopic (exact) mass is 305 g/mol. The number of nitrogens with one attached hydrogen (secondary N) is 1. The molecule has 1 heterocycles. The van der Waals surface area contributed by atoms with Gasteiger partial charge in [0.15, 0.2) is 0 Å². The van der Waals surface area contributed by atoms with Crippen molar-refractivity contribution in [1.82, 2.24) is 9.78 Å². The van der Waals surface area contributed by atoms with Crippen molar-refractivity contribution < 1.29 is 13.3 Å². The van der Waals surface area contributed by atoms with Crippen LogP contribution in [0.4, 0.5) is 11.5 Å². The Morgan fingerprint density at radius 2 is 2.15 bits per heavy atom. The molecule has 1 aromatic heterocycles. The van der Waals surface area contributed by atoms with Gasteiger partial charge in [-0.15, -0.1) is 0 Å². The Balaban J connectivity index is 2.83. The molecule has 20 heavy (non-hydrogen) atoms. The molecule has 114 valence electrons. The van der Waals surface area contributed by atoms with E-state index in [0.717, 1.165) is 6.42 Å². The van der Waals surface area contributed by atoms with Crippen LogP contribution in [-0.4, -0.2) is 35.4 Å². The molecule has 0 saturated carbocycles. The molecule has 0 bridgehead atoms. The summed E-state index contributed by atoms with van der Waals surface area (Å²) >= 11 is 0. The zero-order valence-electron chi connectivity index (χ0n) is 11.5. The molecule has 0 fully saturated rings. The number of aryl methyl sites for hydroxylation is 2. The average Bonchev–Trinajstić information content (AvgIpc) is 2.60. The first kappa shape index (κ1) is 16.4. The van der Waals surface area contributed by atoms with E-state index in [4.69, 9.17) is 5.14 Å². The Kier molecular flexibility index (Phi) is 5.45. The molecule has 0 aromatic carbocycles. The normalized spacial score (nSPS) is 11.6. The number of primary sulfonamides is 1. The predicted octanol–water partition coefficient (Wildman–Crippen LogP) is 0.600. The largest absolute Gasteiger partial charge is 0.364 e. The maximum absolute atomic E-state index is 11.0. The van der Waals surface area contributed by atoms with E-state index in [1.54, 1.807) is 6.92 Å². The lowest BCUT2D eigenvalue weighted by Gasteiger charge is -2.08. The van der Waals surface area contributed by atoms with Gasteiger partial charge in [-0.1, -0.05) is 6.92 Å². The smallest absolute Gasteiger partial charge is 0.333 e. The molecule has 0 aliphatic rings. The Morgan fingerprint density at radius 1 is 1.50 bits per heavy atom. The third-order valence-electron chi connectivity index (χ3n) is 2.61. The van der Waals surface area contributed by atoms with E-state index < -0.39 is 14.9 Å². The average molecular weight is 305 g/mol. The Bertz CT molecular complexity index is 581. The Hall–Kier alpha value is -1.68. The second-order valence-electron chi connectivity index (χ2n) is 4.41. The van der Waals surface area contributed by atoms with Crippen molar-refractivity contribution in [2.75, 3.05) is 17.6 Å². The first-order valence-corrected chi connectivity index (χ1v) is 7.94. The number of aromatic nitrogens is 2. The second kappa shape index (κ2) is 6.66. The summed E-state index contributed by atoms with van der Waals surface area (Å²) in [5.74, 6) is 0.137. The first-order chi connectivity index (χ1) is 9.26. The summed E-state index contributed by atoms with van der Waals surface area (Å²) in [7, 11) is -3.52. The standard InChI is InChI=1S/C10H19N5O4S/c1-3-6-14-10(9(15(16)17)8(2)13-14)12-5-4-7-20(11,18)19/h12H,3-7H2,1-2H3,(H2,11,18,19). The Labute approximate surface area is 117 Å². The number of hydrogen-bond donors (Lipinski definition) is 2. The fourth-order valence-electron chi connectivity index (χ4n) is 1.82. The van der Waals surface area contributed by atoms with Crippen LogP contribution in [-0.2, 0) is 16.6 Å². The van der Waals surface area contributed by atoms with Gasteiger partial charge in [0.2, 0.25) is 15.8 Å². The van der Waals surface area contributed by atoms with Crippen LogP contribution >= 0.6 is 0 Å². The van der Waals surface area contributed by atoms with Crippen LogP contribution in [0.5, 0.6) is 0 Å². The molecular weight excluding hydrogens is 286 g/mol. The molecule has 9 nitrogen and oxygen atoms in total. The molecule has 0 saturated heterocycles. The van der Waals surface area contributed by atoms with Crippen LogP contribution in [0.1, 0.15) is 25.5 Å². The zero-order valence-corrected chi connectivity index (χ0v) is 12.3. The van der Waals surface area contributed by atoms with Crippen LogP contribution in [0.2, 0.25) is 0 Å². The maximum atomic E-state index is 11.0. The SMILES string of the molecule is CCCn1nc(C)c([N+](=O)[O-])c1NCCCS(N)(=O)=O. The van der Waals surface area contributed by atoms with E-state index in [1.807, 2.05) is 6.92 Å². The van der Waals surface area contributed by atoms with Gasteiger partial charge in [-0.3, -0.25) is 10.1 Å².